The van der Waals surface area contributed by atoms with Crippen LogP contribution in [0.4, 0.5) is 0 Å². The topological polar surface area (TPSA) is 62.5 Å². The van der Waals surface area contributed by atoms with Gasteiger partial charge in [0.05, 0.1) is 12.1 Å². The van der Waals surface area contributed by atoms with Gasteiger partial charge in [0.2, 0.25) is 0 Å². The van der Waals surface area contributed by atoms with Gasteiger partial charge in [0.25, 0.3) is 5.91 Å². The Hall–Kier alpha value is -2.08. The van der Waals surface area contributed by atoms with Crippen molar-refractivity contribution in [1.29, 1.82) is 0 Å². The molecule has 0 saturated carbocycles. The molecule has 0 bridgehead atoms. The van der Waals surface area contributed by atoms with Crippen molar-refractivity contribution in [2.45, 2.75) is 6.42 Å². The van der Waals surface area contributed by atoms with Crippen LogP contribution in [-0.2, 0) is 4.79 Å². The Morgan fingerprint density at radius 2 is 2.00 bits per heavy atom. The number of carbonyl (C=O) groups is 2. The highest BCUT2D eigenvalue weighted by atomic mass is 32.1. The van der Waals surface area contributed by atoms with Crippen LogP contribution in [0.25, 0.3) is 5.69 Å². The van der Waals surface area contributed by atoms with Gasteiger partial charge in [-0.15, -0.1) is 11.3 Å². The van der Waals surface area contributed by atoms with Crippen LogP contribution >= 0.6 is 11.3 Å². The van der Waals surface area contributed by atoms with Gasteiger partial charge in [-0.2, -0.15) is 0 Å². The summed E-state index contributed by atoms with van der Waals surface area (Å²) in [5.41, 5.74) is 0.881. The number of carboxylic acid groups (broad SMARTS) is 1. The molecule has 1 aliphatic heterocycles. The number of hydrogen-bond acceptors (Lipinski definition) is 3. The molecule has 0 aliphatic carbocycles. The van der Waals surface area contributed by atoms with E-state index in [2.05, 4.69) is 0 Å². The maximum atomic E-state index is 12.4. The maximum Gasteiger partial charge on any atom is 0.303 e. The van der Waals surface area contributed by atoms with E-state index in [4.69, 9.17) is 5.11 Å². The van der Waals surface area contributed by atoms with Crippen molar-refractivity contribution in [1.82, 2.24) is 9.47 Å². The molecule has 0 unspecified atom stereocenters. The number of aliphatic carboxylic acids is 1. The summed E-state index contributed by atoms with van der Waals surface area (Å²) >= 11 is 1.42. The van der Waals surface area contributed by atoms with Crippen LogP contribution in [-0.4, -0.2) is 39.5 Å². The van der Waals surface area contributed by atoms with Crippen molar-refractivity contribution in [2.24, 2.45) is 5.92 Å². The van der Waals surface area contributed by atoms with Crippen LogP contribution in [0.5, 0.6) is 0 Å². The lowest BCUT2D eigenvalue weighted by atomic mass is 9.96. The molecule has 1 aliphatic rings. The first-order chi connectivity index (χ1) is 9.65. The molecular formula is C14H14N2O3S. The van der Waals surface area contributed by atoms with E-state index >= 15 is 0 Å². The van der Waals surface area contributed by atoms with Gasteiger partial charge in [-0.05, 0) is 23.6 Å². The molecule has 104 valence electrons. The summed E-state index contributed by atoms with van der Waals surface area (Å²) in [6.45, 7) is 1.07. The normalized spacial score (nSPS) is 15.1. The molecule has 0 radical (unpaired) electrons. The molecule has 1 N–H and O–H groups in total. The highest BCUT2D eigenvalue weighted by Crippen LogP contribution is 2.27. The van der Waals surface area contributed by atoms with Crippen LogP contribution in [0.15, 0.2) is 36.0 Å². The lowest BCUT2D eigenvalue weighted by Gasteiger charge is -2.38. The van der Waals surface area contributed by atoms with Gasteiger partial charge < -0.3 is 14.6 Å². The van der Waals surface area contributed by atoms with Crippen LogP contribution < -0.4 is 0 Å². The summed E-state index contributed by atoms with van der Waals surface area (Å²) in [6.07, 6.45) is 3.95. The molecule has 0 aromatic carbocycles. The molecule has 0 spiro atoms. The minimum Gasteiger partial charge on any atom is -0.481 e. The molecule has 1 saturated heterocycles. The zero-order valence-electron chi connectivity index (χ0n) is 10.7. The molecule has 3 rings (SSSR count). The summed E-state index contributed by atoms with van der Waals surface area (Å²) in [6, 6.07) is 5.75. The van der Waals surface area contributed by atoms with Crippen LogP contribution in [0.1, 0.15) is 16.1 Å². The first-order valence-corrected chi connectivity index (χ1v) is 7.25. The number of thiophene rings is 1. The second-order valence-corrected chi connectivity index (χ2v) is 5.82. The summed E-state index contributed by atoms with van der Waals surface area (Å²) in [7, 11) is 0. The van der Waals surface area contributed by atoms with E-state index in [1.54, 1.807) is 4.90 Å². The zero-order chi connectivity index (χ0) is 14.1. The van der Waals surface area contributed by atoms with Crippen molar-refractivity contribution >= 4 is 23.2 Å². The number of nitrogens with zero attached hydrogens (tertiary/aromatic N) is 2. The van der Waals surface area contributed by atoms with Crippen molar-refractivity contribution in [2.75, 3.05) is 13.1 Å². The number of aromatic nitrogens is 1. The fraction of sp³-hybridized carbons (Fsp3) is 0.286. The fourth-order valence-corrected chi connectivity index (χ4v) is 3.27. The maximum absolute atomic E-state index is 12.4. The Kier molecular flexibility index (Phi) is 3.31. The molecule has 6 heteroatoms. The predicted octanol–water partition coefficient (Wildman–Crippen LogP) is 2.09. The minimum atomic E-state index is -0.800. The standard InChI is InChI=1S/C14H14N2O3S/c17-12(18)7-10-8-16(9-10)14(19)13-11(3-6-20-13)15-4-1-2-5-15/h1-6,10H,7-9H2,(H,17,18). The summed E-state index contributed by atoms with van der Waals surface area (Å²) in [4.78, 5) is 25.4. The van der Waals surface area contributed by atoms with E-state index in [9.17, 15) is 9.59 Å². The average molecular weight is 290 g/mol. The van der Waals surface area contributed by atoms with Crippen molar-refractivity contribution in [3.63, 3.8) is 0 Å². The van der Waals surface area contributed by atoms with Crippen LogP contribution in [0.2, 0.25) is 0 Å². The van der Waals surface area contributed by atoms with Gasteiger partial charge in [-0.3, -0.25) is 9.59 Å². The third-order valence-corrected chi connectivity index (χ3v) is 4.32. The van der Waals surface area contributed by atoms with Crippen LogP contribution in [0.3, 0.4) is 0 Å². The third kappa shape index (κ3) is 2.34. The SMILES string of the molecule is O=C(O)CC1CN(C(=O)c2sccc2-n2cccc2)C1. The fourth-order valence-electron chi connectivity index (χ4n) is 2.42. The first kappa shape index (κ1) is 12.9. The van der Waals surface area contributed by atoms with Gasteiger partial charge in [0, 0.05) is 31.4 Å². The molecule has 1 fully saturated rings. The van der Waals surface area contributed by atoms with E-state index in [1.165, 1.54) is 11.3 Å². The van der Waals surface area contributed by atoms with Crippen molar-refractivity contribution in [3.05, 3.63) is 40.8 Å². The van der Waals surface area contributed by atoms with E-state index in [-0.39, 0.29) is 18.2 Å². The molecule has 20 heavy (non-hydrogen) atoms. The lowest BCUT2D eigenvalue weighted by molar-refractivity contribution is -0.139. The molecule has 3 heterocycles. The quantitative estimate of drug-likeness (QED) is 0.937. The zero-order valence-corrected chi connectivity index (χ0v) is 11.5. The summed E-state index contributed by atoms with van der Waals surface area (Å²) < 4.78 is 1.91. The number of hydrogen-bond donors (Lipinski definition) is 1. The van der Waals surface area contributed by atoms with Crippen molar-refractivity contribution in [3.8, 4) is 5.69 Å². The highest BCUT2D eigenvalue weighted by molar-refractivity contribution is 7.12. The second kappa shape index (κ2) is 5.13. The van der Waals surface area contributed by atoms with E-state index < -0.39 is 5.97 Å². The van der Waals surface area contributed by atoms with Gasteiger partial charge in [-0.25, -0.2) is 0 Å². The molecule has 5 nitrogen and oxygen atoms in total. The first-order valence-electron chi connectivity index (χ1n) is 6.37. The smallest absolute Gasteiger partial charge is 0.303 e. The monoisotopic (exact) mass is 290 g/mol. The number of rotatable bonds is 4. The Labute approximate surface area is 120 Å². The molecule has 1 amide bonds. The second-order valence-electron chi connectivity index (χ2n) is 4.90. The van der Waals surface area contributed by atoms with E-state index in [0.717, 1.165) is 5.69 Å². The Morgan fingerprint density at radius 1 is 1.30 bits per heavy atom. The molecule has 2 aromatic rings. The predicted molar refractivity (Wildman–Crippen MR) is 75.3 cm³/mol. The highest BCUT2D eigenvalue weighted by Gasteiger charge is 2.33. The van der Waals surface area contributed by atoms with Gasteiger partial charge >= 0.3 is 5.97 Å². The average Bonchev–Trinajstić information content (AvgIpc) is 3.00. The van der Waals surface area contributed by atoms with Gasteiger partial charge in [0.15, 0.2) is 0 Å². The summed E-state index contributed by atoms with van der Waals surface area (Å²) in [5, 5.41) is 10.6. The van der Waals surface area contributed by atoms with Crippen molar-refractivity contribution < 1.29 is 14.7 Å². The largest absolute Gasteiger partial charge is 0.481 e. The van der Waals surface area contributed by atoms with E-state index in [0.29, 0.717) is 18.0 Å². The number of carboxylic acids is 1. The molecule has 0 atom stereocenters. The third-order valence-electron chi connectivity index (χ3n) is 3.43. The van der Waals surface area contributed by atoms with Gasteiger partial charge in [-0.1, -0.05) is 0 Å². The summed E-state index contributed by atoms with van der Waals surface area (Å²) in [5.74, 6) is -0.719. The molecule has 2 aromatic heterocycles. The van der Waals surface area contributed by atoms with Crippen LogP contribution in [0, 0.1) is 5.92 Å². The molecular weight excluding hydrogens is 276 g/mol. The van der Waals surface area contributed by atoms with Gasteiger partial charge in [0.1, 0.15) is 4.88 Å². The van der Waals surface area contributed by atoms with E-state index in [1.807, 2.05) is 40.5 Å². The number of carbonyl (C=O) groups excluding carboxylic acids is 1. The Bertz CT molecular complexity index is 627. The Morgan fingerprint density at radius 3 is 2.65 bits per heavy atom. The number of likely N-dealkylation sites (tertiary alicyclic amines) is 1. The minimum absolute atomic E-state index is 0.00895. The lowest BCUT2D eigenvalue weighted by Crippen LogP contribution is -2.50. The number of amides is 1. The Balaban J connectivity index is 1.71.